The molecule has 0 radical (unpaired) electrons. The van der Waals surface area contributed by atoms with E-state index >= 15 is 0 Å². The van der Waals surface area contributed by atoms with Gasteiger partial charge in [-0.15, -0.1) is 0 Å². The third-order valence-corrected chi connectivity index (χ3v) is 3.67. The van der Waals surface area contributed by atoms with Gasteiger partial charge in [-0.25, -0.2) is 0 Å². The molecule has 1 heterocycles. The zero-order valence-electron chi connectivity index (χ0n) is 13.0. The fraction of sp³-hybridized carbons (Fsp3) is 0.529. The van der Waals surface area contributed by atoms with E-state index in [0.717, 1.165) is 50.6 Å². The third-order valence-electron chi connectivity index (χ3n) is 3.67. The van der Waals surface area contributed by atoms with Crippen molar-refractivity contribution in [2.75, 3.05) is 47.1 Å². The molecular formula is C17H25NO3. The fourth-order valence-electron chi connectivity index (χ4n) is 2.50. The Bertz CT molecular complexity index is 447. The summed E-state index contributed by atoms with van der Waals surface area (Å²) in [7, 11) is 3.44. The lowest BCUT2D eigenvalue weighted by molar-refractivity contribution is -0.0371. The number of methoxy groups -OCH3 is 2. The standard InChI is InChI=1S/C17H25NO3/c1-19-12-9-16-14-18(11-13-21-16)10-5-7-15-6-3-4-8-17(15)20-2/h3-8,16H,9-14H2,1-2H3/b7-5+/t16-/m0/s1. The van der Waals surface area contributed by atoms with Gasteiger partial charge >= 0.3 is 0 Å². The number of nitrogens with zero attached hydrogens (tertiary/aromatic N) is 1. The molecule has 0 aromatic heterocycles. The number of ether oxygens (including phenoxy) is 3. The van der Waals surface area contributed by atoms with Gasteiger partial charge in [0.1, 0.15) is 5.75 Å². The minimum Gasteiger partial charge on any atom is -0.496 e. The molecule has 1 fully saturated rings. The predicted molar refractivity (Wildman–Crippen MR) is 84.7 cm³/mol. The van der Waals surface area contributed by atoms with Gasteiger partial charge in [0.25, 0.3) is 0 Å². The summed E-state index contributed by atoms with van der Waals surface area (Å²) in [6.45, 7) is 4.46. The van der Waals surface area contributed by atoms with Gasteiger partial charge in [0, 0.05) is 38.9 Å². The molecule has 0 amide bonds. The summed E-state index contributed by atoms with van der Waals surface area (Å²) in [5.41, 5.74) is 1.11. The Kier molecular flexibility index (Phi) is 6.73. The molecule has 4 nitrogen and oxygen atoms in total. The third kappa shape index (κ3) is 5.16. The summed E-state index contributed by atoms with van der Waals surface area (Å²) in [5, 5.41) is 0. The maximum Gasteiger partial charge on any atom is 0.126 e. The largest absolute Gasteiger partial charge is 0.496 e. The minimum absolute atomic E-state index is 0.290. The van der Waals surface area contributed by atoms with E-state index in [4.69, 9.17) is 14.2 Å². The molecule has 21 heavy (non-hydrogen) atoms. The minimum atomic E-state index is 0.290. The van der Waals surface area contributed by atoms with Crippen molar-refractivity contribution >= 4 is 6.08 Å². The van der Waals surface area contributed by atoms with Gasteiger partial charge in [-0.05, 0) is 12.5 Å². The van der Waals surface area contributed by atoms with Crippen molar-refractivity contribution in [3.8, 4) is 5.75 Å². The van der Waals surface area contributed by atoms with E-state index in [1.807, 2.05) is 18.2 Å². The highest BCUT2D eigenvalue weighted by Crippen LogP contribution is 2.18. The smallest absolute Gasteiger partial charge is 0.126 e. The van der Waals surface area contributed by atoms with Gasteiger partial charge in [0.2, 0.25) is 0 Å². The van der Waals surface area contributed by atoms with Gasteiger partial charge in [-0.3, -0.25) is 4.90 Å². The second-order valence-corrected chi connectivity index (χ2v) is 5.18. The molecule has 2 rings (SSSR count). The summed E-state index contributed by atoms with van der Waals surface area (Å²) in [5.74, 6) is 0.911. The average Bonchev–Trinajstić information content (AvgIpc) is 2.54. The Morgan fingerprint density at radius 3 is 3.00 bits per heavy atom. The average molecular weight is 291 g/mol. The highest BCUT2D eigenvalue weighted by atomic mass is 16.5. The molecule has 1 aromatic carbocycles. The highest BCUT2D eigenvalue weighted by molar-refractivity contribution is 5.57. The van der Waals surface area contributed by atoms with E-state index < -0.39 is 0 Å². The lowest BCUT2D eigenvalue weighted by atomic mass is 10.1. The van der Waals surface area contributed by atoms with Crippen LogP contribution >= 0.6 is 0 Å². The van der Waals surface area contributed by atoms with Crippen molar-refractivity contribution in [1.82, 2.24) is 4.90 Å². The van der Waals surface area contributed by atoms with Crippen LogP contribution in [0.3, 0.4) is 0 Å². The molecule has 1 aliphatic rings. The molecule has 0 N–H and O–H groups in total. The molecule has 0 unspecified atom stereocenters. The van der Waals surface area contributed by atoms with Crippen LogP contribution in [0.4, 0.5) is 0 Å². The van der Waals surface area contributed by atoms with Crippen LogP contribution in [-0.2, 0) is 9.47 Å². The lowest BCUT2D eigenvalue weighted by Crippen LogP contribution is -2.42. The second-order valence-electron chi connectivity index (χ2n) is 5.18. The van der Waals surface area contributed by atoms with E-state index in [2.05, 4.69) is 23.1 Å². The molecule has 116 valence electrons. The summed E-state index contributed by atoms with van der Waals surface area (Å²) >= 11 is 0. The fourth-order valence-corrected chi connectivity index (χ4v) is 2.50. The number of hydrogen-bond donors (Lipinski definition) is 0. The van der Waals surface area contributed by atoms with Crippen molar-refractivity contribution in [2.45, 2.75) is 12.5 Å². The molecule has 1 aromatic rings. The van der Waals surface area contributed by atoms with Crippen LogP contribution in [0, 0.1) is 0 Å². The quantitative estimate of drug-likeness (QED) is 0.772. The Balaban J connectivity index is 1.83. The Morgan fingerprint density at radius 1 is 1.33 bits per heavy atom. The van der Waals surface area contributed by atoms with E-state index in [1.165, 1.54) is 0 Å². The molecule has 0 bridgehead atoms. The monoisotopic (exact) mass is 291 g/mol. The normalized spacial score (nSPS) is 20.0. The SMILES string of the molecule is COCC[C@H]1CN(C/C=C/c2ccccc2OC)CCO1. The Morgan fingerprint density at radius 2 is 2.19 bits per heavy atom. The van der Waals surface area contributed by atoms with Gasteiger partial charge in [0.15, 0.2) is 0 Å². The predicted octanol–water partition coefficient (Wildman–Crippen LogP) is 2.45. The van der Waals surface area contributed by atoms with E-state index in [0.29, 0.717) is 6.10 Å². The van der Waals surface area contributed by atoms with Gasteiger partial charge in [-0.1, -0.05) is 30.4 Å². The molecule has 1 atom stereocenters. The molecular weight excluding hydrogens is 266 g/mol. The number of rotatable bonds is 7. The van der Waals surface area contributed by atoms with Gasteiger partial charge in [0.05, 0.1) is 19.8 Å². The summed E-state index contributed by atoms with van der Waals surface area (Å²) in [6.07, 6.45) is 5.57. The molecule has 4 heteroatoms. The van der Waals surface area contributed by atoms with Crippen LogP contribution in [0.25, 0.3) is 6.08 Å². The van der Waals surface area contributed by atoms with Gasteiger partial charge < -0.3 is 14.2 Å². The van der Waals surface area contributed by atoms with E-state index in [9.17, 15) is 0 Å². The van der Waals surface area contributed by atoms with Crippen molar-refractivity contribution in [3.05, 3.63) is 35.9 Å². The topological polar surface area (TPSA) is 30.9 Å². The number of para-hydroxylation sites is 1. The van der Waals surface area contributed by atoms with Crippen molar-refractivity contribution in [2.24, 2.45) is 0 Å². The van der Waals surface area contributed by atoms with Crippen LogP contribution in [0.15, 0.2) is 30.3 Å². The Hall–Kier alpha value is -1.36. The van der Waals surface area contributed by atoms with Crippen LogP contribution in [0.2, 0.25) is 0 Å². The molecule has 1 saturated heterocycles. The highest BCUT2D eigenvalue weighted by Gasteiger charge is 2.18. The molecule has 1 aliphatic heterocycles. The van der Waals surface area contributed by atoms with Crippen LogP contribution in [0.1, 0.15) is 12.0 Å². The van der Waals surface area contributed by atoms with Crippen molar-refractivity contribution < 1.29 is 14.2 Å². The molecule has 0 aliphatic carbocycles. The van der Waals surface area contributed by atoms with Crippen molar-refractivity contribution in [3.63, 3.8) is 0 Å². The lowest BCUT2D eigenvalue weighted by Gasteiger charge is -2.32. The van der Waals surface area contributed by atoms with Crippen molar-refractivity contribution in [1.29, 1.82) is 0 Å². The number of morpholine rings is 1. The van der Waals surface area contributed by atoms with Crippen LogP contribution in [-0.4, -0.2) is 58.1 Å². The first-order valence-electron chi connectivity index (χ1n) is 7.46. The van der Waals surface area contributed by atoms with E-state index in [-0.39, 0.29) is 0 Å². The van der Waals surface area contributed by atoms with Crippen LogP contribution < -0.4 is 4.74 Å². The Labute approximate surface area is 127 Å². The van der Waals surface area contributed by atoms with E-state index in [1.54, 1.807) is 14.2 Å². The zero-order valence-corrected chi connectivity index (χ0v) is 13.0. The summed E-state index contributed by atoms with van der Waals surface area (Å²) < 4.78 is 16.2. The molecule has 0 saturated carbocycles. The maximum atomic E-state index is 5.75. The van der Waals surface area contributed by atoms with Crippen LogP contribution in [0.5, 0.6) is 5.75 Å². The zero-order chi connectivity index (χ0) is 14.9. The first kappa shape index (κ1) is 16.0. The number of hydrogen-bond acceptors (Lipinski definition) is 4. The first-order chi connectivity index (χ1) is 10.3. The van der Waals surface area contributed by atoms with Gasteiger partial charge in [-0.2, -0.15) is 0 Å². The molecule has 0 spiro atoms. The second kappa shape index (κ2) is 8.82. The maximum absolute atomic E-state index is 5.75. The number of benzene rings is 1. The summed E-state index contributed by atoms with van der Waals surface area (Å²) in [4.78, 5) is 2.41. The first-order valence-corrected chi connectivity index (χ1v) is 7.46. The summed E-state index contributed by atoms with van der Waals surface area (Å²) in [6, 6.07) is 8.06.